The van der Waals surface area contributed by atoms with Crippen LogP contribution in [0.25, 0.3) is 11.4 Å². The summed E-state index contributed by atoms with van der Waals surface area (Å²) in [7, 11) is 0. The summed E-state index contributed by atoms with van der Waals surface area (Å²) in [5.74, 6) is 0. The van der Waals surface area contributed by atoms with E-state index in [1.165, 1.54) is 30.5 Å². The smallest absolute Gasteiger partial charge is 0.0648 e. The number of nitrogens with two attached hydrogens (primary N) is 2. The van der Waals surface area contributed by atoms with Gasteiger partial charge in [0, 0.05) is 29.9 Å². The highest BCUT2D eigenvalue weighted by molar-refractivity contribution is 5.93. The first-order valence-corrected chi connectivity index (χ1v) is 8.40. The first-order valence-electron chi connectivity index (χ1n) is 8.40. The molecule has 0 saturated carbocycles. The van der Waals surface area contributed by atoms with E-state index >= 15 is 0 Å². The maximum atomic E-state index is 6.42. The lowest BCUT2D eigenvalue weighted by Crippen LogP contribution is -2.28. The topological polar surface area (TPSA) is 55.3 Å². The van der Waals surface area contributed by atoms with Gasteiger partial charge in [0.2, 0.25) is 0 Å². The van der Waals surface area contributed by atoms with E-state index in [-0.39, 0.29) is 0 Å². The van der Waals surface area contributed by atoms with Crippen LogP contribution in [0.2, 0.25) is 0 Å². The van der Waals surface area contributed by atoms with E-state index in [1.807, 2.05) is 12.1 Å². The van der Waals surface area contributed by atoms with Gasteiger partial charge in [0.25, 0.3) is 0 Å². The third-order valence-electron chi connectivity index (χ3n) is 4.53. The Morgan fingerprint density at radius 1 is 0.870 bits per heavy atom. The number of benzene rings is 2. The number of nitrogens with zero attached hydrogens (tertiary/aromatic N) is 1. The molecule has 120 valence electrons. The SMILES string of the molecule is CCCCCN1Cc2ccccc2/C(N)=C(/N)c2ccccc21. The van der Waals surface area contributed by atoms with Gasteiger partial charge in [-0.15, -0.1) is 0 Å². The van der Waals surface area contributed by atoms with Crippen LogP contribution in [0.1, 0.15) is 42.9 Å². The molecule has 3 heteroatoms. The normalized spacial score (nSPS) is 17.2. The predicted octanol–water partition coefficient (Wildman–Crippen LogP) is 3.94. The summed E-state index contributed by atoms with van der Waals surface area (Å²) >= 11 is 0. The summed E-state index contributed by atoms with van der Waals surface area (Å²) in [5.41, 5.74) is 18.7. The third kappa shape index (κ3) is 3.04. The van der Waals surface area contributed by atoms with Crippen LogP contribution < -0.4 is 16.4 Å². The highest BCUT2D eigenvalue weighted by Gasteiger charge is 2.20. The Balaban J connectivity index is 2.11. The molecule has 0 atom stereocenters. The van der Waals surface area contributed by atoms with Crippen LogP contribution in [0.5, 0.6) is 0 Å². The van der Waals surface area contributed by atoms with E-state index in [1.54, 1.807) is 0 Å². The minimum Gasteiger partial charge on any atom is -0.397 e. The van der Waals surface area contributed by atoms with Gasteiger partial charge in [-0.1, -0.05) is 62.2 Å². The van der Waals surface area contributed by atoms with Gasteiger partial charge in [-0.25, -0.2) is 0 Å². The molecule has 0 spiro atoms. The summed E-state index contributed by atoms with van der Waals surface area (Å²) in [4.78, 5) is 2.43. The van der Waals surface area contributed by atoms with E-state index < -0.39 is 0 Å². The summed E-state index contributed by atoms with van der Waals surface area (Å²) < 4.78 is 0. The maximum absolute atomic E-state index is 6.42. The van der Waals surface area contributed by atoms with Crippen molar-refractivity contribution in [3.05, 3.63) is 65.2 Å². The van der Waals surface area contributed by atoms with Crippen molar-refractivity contribution in [1.82, 2.24) is 0 Å². The van der Waals surface area contributed by atoms with Crippen molar-refractivity contribution in [2.24, 2.45) is 11.5 Å². The molecule has 4 N–H and O–H groups in total. The minimum absolute atomic E-state index is 0.674. The molecule has 2 aromatic rings. The number of hydrogen-bond acceptors (Lipinski definition) is 3. The van der Waals surface area contributed by atoms with Crippen LogP contribution >= 0.6 is 0 Å². The molecule has 23 heavy (non-hydrogen) atoms. The fraction of sp³-hybridized carbons (Fsp3) is 0.300. The molecule has 1 aliphatic rings. The maximum Gasteiger partial charge on any atom is 0.0648 e. The summed E-state index contributed by atoms with van der Waals surface area (Å²) in [6.07, 6.45) is 3.65. The first-order chi connectivity index (χ1) is 11.2. The lowest BCUT2D eigenvalue weighted by Gasteiger charge is -2.31. The fourth-order valence-electron chi connectivity index (χ4n) is 3.23. The zero-order valence-electron chi connectivity index (χ0n) is 13.8. The molecule has 0 aromatic heterocycles. The molecule has 0 aliphatic carbocycles. The monoisotopic (exact) mass is 307 g/mol. The second kappa shape index (κ2) is 6.78. The third-order valence-corrected chi connectivity index (χ3v) is 4.53. The Morgan fingerprint density at radius 3 is 2.30 bits per heavy atom. The number of hydrogen-bond donors (Lipinski definition) is 2. The lowest BCUT2D eigenvalue weighted by molar-refractivity contribution is 0.673. The largest absolute Gasteiger partial charge is 0.397 e. The van der Waals surface area contributed by atoms with Crippen molar-refractivity contribution >= 4 is 17.1 Å². The molecular weight excluding hydrogens is 282 g/mol. The molecule has 0 fully saturated rings. The highest BCUT2D eigenvalue weighted by atomic mass is 15.1. The van der Waals surface area contributed by atoms with Crippen molar-refractivity contribution in [3.8, 4) is 0 Å². The van der Waals surface area contributed by atoms with Crippen molar-refractivity contribution in [3.63, 3.8) is 0 Å². The van der Waals surface area contributed by atoms with E-state index in [0.717, 1.165) is 24.2 Å². The van der Waals surface area contributed by atoms with E-state index in [2.05, 4.69) is 48.2 Å². The summed E-state index contributed by atoms with van der Waals surface area (Å²) in [6.45, 7) is 4.13. The zero-order valence-corrected chi connectivity index (χ0v) is 13.8. The predicted molar refractivity (Wildman–Crippen MR) is 98.6 cm³/mol. The molecule has 0 saturated heterocycles. The van der Waals surface area contributed by atoms with Crippen LogP contribution in [0.4, 0.5) is 5.69 Å². The molecule has 0 amide bonds. The second-order valence-corrected chi connectivity index (χ2v) is 6.13. The number of para-hydroxylation sites is 1. The number of unbranched alkanes of at least 4 members (excludes halogenated alkanes) is 2. The van der Waals surface area contributed by atoms with Crippen LogP contribution in [0, 0.1) is 0 Å². The Labute approximate surface area is 138 Å². The average molecular weight is 307 g/mol. The molecule has 0 unspecified atom stereocenters. The Hall–Kier alpha value is -2.42. The van der Waals surface area contributed by atoms with Gasteiger partial charge in [-0.2, -0.15) is 0 Å². The van der Waals surface area contributed by atoms with Crippen molar-refractivity contribution in [2.75, 3.05) is 11.4 Å². The lowest BCUT2D eigenvalue weighted by atomic mass is 9.96. The number of anilines is 1. The molecule has 1 aliphatic heterocycles. The van der Waals surface area contributed by atoms with E-state index in [4.69, 9.17) is 11.5 Å². The first kappa shape index (κ1) is 15.5. The van der Waals surface area contributed by atoms with Gasteiger partial charge in [-0.3, -0.25) is 0 Å². The molecule has 2 aromatic carbocycles. The van der Waals surface area contributed by atoms with Gasteiger partial charge >= 0.3 is 0 Å². The standard InChI is InChI=1S/C20H25N3/c1-2-3-8-13-23-14-15-9-4-5-10-16(15)19(21)20(22)17-11-6-7-12-18(17)23/h4-7,9-12H,2-3,8,13-14,21-22H2,1H3/b20-19-. The molecule has 3 nitrogen and oxygen atoms in total. The van der Waals surface area contributed by atoms with Crippen LogP contribution in [-0.2, 0) is 6.54 Å². The Kier molecular flexibility index (Phi) is 4.56. The summed E-state index contributed by atoms with van der Waals surface area (Å²) in [6, 6.07) is 16.6. The van der Waals surface area contributed by atoms with Crippen LogP contribution in [-0.4, -0.2) is 6.54 Å². The second-order valence-electron chi connectivity index (χ2n) is 6.13. The van der Waals surface area contributed by atoms with E-state index in [0.29, 0.717) is 11.4 Å². The average Bonchev–Trinajstić information content (AvgIpc) is 2.59. The molecule has 0 radical (unpaired) electrons. The van der Waals surface area contributed by atoms with Crippen molar-refractivity contribution < 1.29 is 0 Å². The van der Waals surface area contributed by atoms with E-state index in [9.17, 15) is 0 Å². The molecule has 1 heterocycles. The van der Waals surface area contributed by atoms with Gasteiger partial charge in [0.05, 0.1) is 11.4 Å². The zero-order chi connectivity index (χ0) is 16.2. The van der Waals surface area contributed by atoms with Gasteiger partial charge < -0.3 is 16.4 Å². The molecule has 0 bridgehead atoms. The van der Waals surface area contributed by atoms with Crippen molar-refractivity contribution in [2.45, 2.75) is 32.7 Å². The van der Waals surface area contributed by atoms with Gasteiger partial charge in [-0.05, 0) is 18.1 Å². The fourth-order valence-corrected chi connectivity index (χ4v) is 3.23. The minimum atomic E-state index is 0.674. The summed E-state index contributed by atoms with van der Waals surface area (Å²) in [5, 5.41) is 0. The number of fused-ring (bicyclic) bond motifs is 2. The molecule has 3 rings (SSSR count). The van der Waals surface area contributed by atoms with Crippen molar-refractivity contribution in [1.29, 1.82) is 0 Å². The van der Waals surface area contributed by atoms with Gasteiger partial charge in [0.1, 0.15) is 0 Å². The van der Waals surface area contributed by atoms with Crippen LogP contribution in [0.15, 0.2) is 48.5 Å². The molecular formula is C20H25N3. The Bertz CT molecular complexity index is 718. The van der Waals surface area contributed by atoms with Gasteiger partial charge in [0.15, 0.2) is 0 Å². The highest BCUT2D eigenvalue weighted by Crippen LogP contribution is 2.33. The van der Waals surface area contributed by atoms with Crippen LogP contribution in [0.3, 0.4) is 0 Å². The Morgan fingerprint density at radius 2 is 1.52 bits per heavy atom. The number of rotatable bonds is 4. The quantitative estimate of drug-likeness (QED) is 0.841.